The Bertz CT molecular complexity index is 1150. The third kappa shape index (κ3) is 53.7. The molecule has 0 spiro atoms. The van der Waals surface area contributed by atoms with Crippen molar-refractivity contribution in [1.82, 2.24) is 0 Å². The van der Waals surface area contributed by atoms with Crippen LogP contribution in [0, 0.1) is 0 Å². The summed E-state index contributed by atoms with van der Waals surface area (Å²) in [6.07, 6.45) is 62.0. The summed E-state index contributed by atoms with van der Waals surface area (Å²) in [7, 11) is 1.67. The molecule has 8 nitrogen and oxygen atoms in total. The number of ether oxygens (including phenoxy) is 2. The number of phosphoric ester groups is 1. The second kappa shape index (κ2) is 50.1. The molecule has 0 heterocycles. The molecule has 0 rings (SSSR count). The van der Waals surface area contributed by atoms with Crippen LogP contribution < -0.4 is 0 Å². The number of quaternary nitrogens is 1. The van der Waals surface area contributed by atoms with Crippen molar-refractivity contribution in [3.8, 4) is 0 Å². The number of phosphoric acid groups is 1. The van der Waals surface area contributed by atoms with Crippen LogP contribution in [0.5, 0.6) is 0 Å². The van der Waals surface area contributed by atoms with E-state index in [1.807, 2.05) is 21.1 Å². The summed E-state index contributed by atoms with van der Waals surface area (Å²) in [4.78, 5) is 23.1. The number of rotatable bonds is 53. The minimum absolute atomic E-state index is 0.0882. The molecule has 66 heavy (non-hydrogen) atoms. The van der Waals surface area contributed by atoms with Gasteiger partial charge in [-0.05, 0) is 70.6 Å². The number of allylic oxidation sites excluding steroid dienone is 6. The first-order valence-corrected chi connectivity index (χ1v) is 29.7. The van der Waals surface area contributed by atoms with E-state index < -0.39 is 13.9 Å². The second-order valence-corrected chi connectivity index (χ2v) is 21.8. The van der Waals surface area contributed by atoms with Crippen molar-refractivity contribution in [2.45, 2.75) is 270 Å². The average molecular weight is 953 g/mol. The van der Waals surface area contributed by atoms with Crippen LogP contribution >= 0.6 is 7.82 Å². The lowest BCUT2D eigenvalue weighted by Gasteiger charge is -2.24. The van der Waals surface area contributed by atoms with Gasteiger partial charge >= 0.3 is 13.8 Å². The van der Waals surface area contributed by atoms with Gasteiger partial charge in [-0.25, -0.2) is 4.57 Å². The van der Waals surface area contributed by atoms with E-state index in [1.165, 1.54) is 205 Å². The van der Waals surface area contributed by atoms with Crippen molar-refractivity contribution < 1.29 is 37.3 Å². The number of hydrogen-bond donors (Lipinski definition) is 1. The Hall–Kier alpha value is -1.28. The molecular weight excluding hydrogens is 842 g/mol. The van der Waals surface area contributed by atoms with Gasteiger partial charge in [-0.2, -0.15) is 0 Å². The Labute approximate surface area is 410 Å². The zero-order chi connectivity index (χ0) is 48.3. The second-order valence-electron chi connectivity index (χ2n) is 20.3. The summed E-state index contributed by atoms with van der Waals surface area (Å²) in [6.45, 7) is 5.64. The van der Waals surface area contributed by atoms with Gasteiger partial charge in [0.05, 0.1) is 34.4 Å². The molecule has 390 valence electrons. The summed E-state index contributed by atoms with van der Waals surface area (Å²) < 4.78 is 35.2. The van der Waals surface area contributed by atoms with Gasteiger partial charge in [-0.3, -0.25) is 13.8 Å². The molecule has 9 heteroatoms. The molecule has 2 unspecified atom stereocenters. The van der Waals surface area contributed by atoms with Gasteiger partial charge in [0.15, 0.2) is 0 Å². The third-order valence-electron chi connectivity index (χ3n) is 12.4. The number of unbranched alkanes of at least 4 members (excludes halogenated alkanes) is 33. The van der Waals surface area contributed by atoms with Crippen LogP contribution in [0.2, 0.25) is 0 Å². The predicted molar refractivity (Wildman–Crippen MR) is 284 cm³/mol. The van der Waals surface area contributed by atoms with Crippen molar-refractivity contribution in [3.05, 3.63) is 36.5 Å². The Kier molecular flexibility index (Phi) is 49.1. The molecule has 0 saturated carbocycles. The summed E-state index contributed by atoms with van der Waals surface area (Å²) in [6, 6.07) is 0. The van der Waals surface area contributed by atoms with Crippen molar-refractivity contribution in [2.75, 3.05) is 54.1 Å². The molecule has 0 aliphatic rings. The van der Waals surface area contributed by atoms with Crippen LogP contribution in [0.3, 0.4) is 0 Å². The van der Waals surface area contributed by atoms with Crippen LogP contribution in [-0.2, 0) is 27.9 Å². The van der Waals surface area contributed by atoms with Gasteiger partial charge in [-0.1, -0.05) is 224 Å². The lowest BCUT2D eigenvalue weighted by atomic mass is 10.0. The van der Waals surface area contributed by atoms with Gasteiger partial charge in [0.25, 0.3) is 0 Å². The molecular formula is C57H111NO7P+. The van der Waals surface area contributed by atoms with Crippen LogP contribution in [0.4, 0.5) is 0 Å². The standard InChI is InChI=1S/C57H110NO7P/c1-6-8-10-12-14-16-18-20-22-24-26-27-28-29-30-31-32-34-36-38-40-42-44-46-48-50-57(59)65-56(55-64-66(60,61)63-53-51-58(3,4)5)54-62-52-49-47-45-43-41-39-37-35-33-25-23-21-19-17-15-13-11-9-7-2/h17,19,23-26,56H,6-16,18,20-22,27-55H2,1-5H3/p+1/b19-17-,25-23-,26-24-. The molecule has 0 saturated heterocycles. The molecule has 0 aromatic heterocycles. The van der Waals surface area contributed by atoms with E-state index in [-0.39, 0.29) is 25.8 Å². The Morgan fingerprint density at radius 2 is 0.833 bits per heavy atom. The fourth-order valence-electron chi connectivity index (χ4n) is 8.05. The lowest BCUT2D eigenvalue weighted by Crippen LogP contribution is -2.37. The average Bonchev–Trinajstić information content (AvgIpc) is 3.28. The normalized spacial score (nSPS) is 13.7. The third-order valence-corrected chi connectivity index (χ3v) is 13.4. The minimum Gasteiger partial charge on any atom is -0.457 e. The Morgan fingerprint density at radius 1 is 0.470 bits per heavy atom. The zero-order valence-corrected chi connectivity index (χ0v) is 45.3. The Balaban J connectivity index is 4.06. The van der Waals surface area contributed by atoms with E-state index in [0.29, 0.717) is 24.1 Å². The van der Waals surface area contributed by atoms with E-state index in [0.717, 1.165) is 38.5 Å². The van der Waals surface area contributed by atoms with Crippen LogP contribution in [0.25, 0.3) is 0 Å². The van der Waals surface area contributed by atoms with Gasteiger partial charge in [0, 0.05) is 13.0 Å². The largest absolute Gasteiger partial charge is 0.472 e. The molecule has 0 aromatic rings. The molecule has 0 bridgehead atoms. The van der Waals surface area contributed by atoms with E-state index in [1.54, 1.807) is 0 Å². The monoisotopic (exact) mass is 953 g/mol. The minimum atomic E-state index is -4.28. The van der Waals surface area contributed by atoms with Gasteiger partial charge in [0.1, 0.15) is 19.3 Å². The van der Waals surface area contributed by atoms with E-state index in [2.05, 4.69) is 50.3 Å². The molecule has 0 aliphatic heterocycles. The first-order chi connectivity index (χ1) is 32.1. The molecule has 2 atom stereocenters. The quantitative estimate of drug-likeness (QED) is 0.0213. The van der Waals surface area contributed by atoms with Crippen LogP contribution in [0.1, 0.15) is 264 Å². The highest BCUT2D eigenvalue weighted by Gasteiger charge is 2.26. The predicted octanol–water partition coefficient (Wildman–Crippen LogP) is 17.7. The van der Waals surface area contributed by atoms with Crippen molar-refractivity contribution in [1.29, 1.82) is 0 Å². The molecule has 1 N–H and O–H groups in total. The zero-order valence-electron chi connectivity index (χ0n) is 44.4. The van der Waals surface area contributed by atoms with Crippen LogP contribution in [0.15, 0.2) is 36.5 Å². The summed E-state index contributed by atoms with van der Waals surface area (Å²) in [5.74, 6) is -0.312. The topological polar surface area (TPSA) is 91.3 Å². The van der Waals surface area contributed by atoms with Crippen LogP contribution in [-0.4, -0.2) is 75.6 Å². The van der Waals surface area contributed by atoms with Crippen molar-refractivity contribution in [3.63, 3.8) is 0 Å². The summed E-state index contributed by atoms with van der Waals surface area (Å²) in [5, 5.41) is 0. The SMILES string of the molecule is CCCCCC/C=C\C/C=C\CCCCCCCCCCOCC(COP(=O)(O)OCC[N+](C)(C)C)OC(=O)CCCCCCCCCCCCCCC/C=C\CCCCCCCCCC. The number of hydrogen-bond acceptors (Lipinski definition) is 6. The summed E-state index contributed by atoms with van der Waals surface area (Å²) in [5.41, 5.74) is 0. The van der Waals surface area contributed by atoms with Crippen molar-refractivity contribution in [2.24, 2.45) is 0 Å². The number of esters is 1. The van der Waals surface area contributed by atoms with Gasteiger partial charge in [0.2, 0.25) is 0 Å². The molecule has 0 aromatic carbocycles. The van der Waals surface area contributed by atoms with Gasteiger partial charge < -0.3 is 18.9 Å². The molecule has 0 fully saturated rings. The maximum absolute atomic E-state index is 12.8. The van der Waals surface area contributed by atoms with E-state index in [4.69, 9.17) is 18.5 Å². The number of carbonyl (C=O) groups is 1. The number of likely N-dealkylation sites (N-methyl/N-ethyl adjacent to an activating group) is 1. The number of carbonyl (C=O) groups excluding carboxylic acids is 1. The fraction of sp³-hybridized carbons (Fsp3) is 0.877. The highest BCUT2D eigenvalue weighted by atomic mass is 31.2. The molecule has 0 amide bonds. The van der Waals surface area contributed by atoms with E-state index >= 15 is 0 Å². The van der Waals surface area contributed by atoms with Crippen molar-refractivity contribution >= 4 is 13.8 Å². The highest BCUT2D eigenvalue weighted by Crippen LogP contribution is 2.43. The first-order valence-electron chi connectivity index (χ1n) is 28.2. The van der Waals surface area contributed by atoms with Gasteiger partial charge in [-0.15, -0.1) is 0 Å². The fourth-order valence-corrected chi connectivity index (χ4v) is 8.79. The smallest absolute Gasteiger partial charge is 0.457 e. The Morgan fingerprint density at radius 3 is 1.26 bits per heavy atom. The first kappa shape index (κ1) is 64.7. The highest BCUT2D eigenvalue weighted by molar-refractivity contribution is 7.47. The summed E-state index contributed by atoms with van der Waals surface area (Å²) >= 11 is 0. The lowest BCUT2D eigenvalue weighted by molar-refractivity contribution is -0.870. The molecule has 0 aliphatic carbocycles. The molecule has 0 radical (unpaired) electrons. The number of nitrogens with zero attached hydrogens (tertiary/aromatic N) is 1. The maximum Gasteiger partial charge on any atom is 0.472 e. The van der Waals surface area contributed by atoms with E-state index in [9.17, 15) is 14.3 Å². The maximum atomic E-state index is 12.8.